The van der Waals surface area contributed by atoms with E-state index in [4.69, 9.17) is 11.6 Å². The third-order valence-electron chi connectivity index (χ3n) is 5.81. The lowest BCUT2D eigenvalue weighted by molar-refractivity contribution is -0.127. The summed E-state index contributed by atoms with van der Waals surface area (Å²) in [5.74, 6) is -0.894. The van der Waals surface area contributed by atoms with Crippen molar-refractivity contribution in [2.24, 2.45) is 0 Å². The quantitative estimate of drug-likeness (QED) is 0.440. The Bertz CT molecular complexity index is 1340. The van der Waals surface area contributed by atoms with Gasteiger partial charge in [-0.2, -0.15) is 0 Å². The maximum atomic E-state index is 12.9. The highest BCUT2D eigenvalue weighted by atomic mass is 35.5. The molecule has 3 amide bonds. The molecule has 0 spiro atoms. The number of carbonyl (C=O) groups is 3. The number of hydrogen-bond acceptors (Lipinski definition) is 4. The number of aryl methyl sites for hydroxylation is 3. The van der Waals surface area contributed by atoms with Crippen molar-refractivity contribution in [2.75, 3.05) is 11.9 Å². The zero-order valence-corrected chi connectivity index (χ0v) is 20.9. The molecule has 0 unspecified atom stereocenters. The van der Waals surface area contributed by atoms with Crippen molar-refractivity contribution in [1.29, 1.82) is 0 Å². The molecular weight excluding hydrogens is 470 g/mol. The van der Waals surface area contributed by atoms with E-state index in [0.29, 0.717) is 15.6 Å². The van der Waals surface area contributed by atoms with Crippen molar-refractivity contribution < 1.29 is 14.4 Å². The molecule has 0 bridgehead atoms. The summed E-state index contributed by atoms with van der Waals surface area (Å²) < 4.78 is 2.06. The average Bonchev–Trinajstić information content (AvgIpc) is 3.21. The Morgan fingerprint density at radius 1 is 1.00 bits per heavy atom. The van der Waals surface area contributed by atoms with Gasteiger partial charge in [0.15, 0.2) is 0 Å². The smallest absolute Gasteiger partial charge is 0.294 e. The largest absolute Gasteiger partial charge is 0.325 e. The van der Waals surface area contributed by atoms with Crippen molar-refractivity contribution in [3.8, 4) is 5.69 Å². The molecule has 1 fully saturated rings. The van der Waals surface area contributed by atoms with Gasteiger partial charge in [0.25, 0.3) is 11.1 Å². The van der Waals surface area contributed by atoms with Crippen LogP contribution >= 0.6 is 23.4 Å². The minimum atomic E-state index is -0.471. The van der Waals surface area contributed by atoms with Crippen molar-refractivity contribution in [2.45, 2.75) is 27.7 Å². The zero-order valence-electron chi connectivity index (χ0n) is 19.3. The SMILES string of the molecule is Cc1ccc(NC(=O)CN2C(=O)S/C(=C/c3cc(C)n(-c4ccc(Cl)cc4)c3C)C2=O)cc1C. The third kappa shape index (κ3) is 4.81. The Morgan fingerprint density at radius 2 is 1.71 bits per heavy atom. The summed E-state index contributed by atoms with van der Waals surface area (Å²) in [6.07, 6.45) is 1.71. The summed E-state index contributed by atoms with van der Waals surface area (Å²) in [6.45, 7) is 7.53. The number of imide groups is 1. The summed E-state index contributed by atoms with van der Waals surface area (Å²) in [7, 11) is 0. The normalized spacial score (nSPS) is 14.9. The van der Waals surface area contributed by atoms with E-state index in [1.165, 1.54) is 0 Å². The fourth-order valence-electron chi connectivity index (χ4n) is 3.86. The summed E-state index contributed by atoms with van der Waals surface area (Å²) in [5, 5.41) is 2.95. The molecular formula is C26H24ClN3O3S. The Morgan fingerprint density at radius 3 is 2.38 bits per heavy atom. The van der Waals surface area contributed by atoms with Gasteiger partial charge in [-0.25, -0.2) is 0 Å². The van der Waals surface area contributed by atoms with Crippen LogP contribution in [0.1, 0.15) is 28.1 Å². The molecule has 2 heterocycles. The standard InChI is InChI=1S/C26H24ClN3O3S/c1-15-5-8-21(11-16(15)2)28-24(31)14-29-25(32)23(34-26(29)33)13-19-12-17(3)30(18(19)4)22-9-6-20(27)7-10-22/h5-13H,14H2,1-4H3,(H,28,31)/b23-13+. The molecule has 1 aliphatic rings. The Balaban J connectivity index is 1.52. The van der Waals surface area contributed by atoms with E-state index in [-0.39, 0.29) is 6.54 Å². The lowest BCUT2D eigenvalue weighted by atomic mass is 10.1. The van der Waals surface area contributed by atoms with Crippen LogP contribution in [-0.2, 0) is 9.59 Å². The number of halogens is 1. The van der Waals surface area contributed by atoms with E-state index < -0.39 is 17.1 Å². The van der Waals surface area contributed by atoms with Gasteiger partial charge in [0, 0.05) is 27.8 Å². The topological polar surface area (TPSA) is 71.4 Å². The van der Waals surface area contributed by atoms with Crippen LogP contribution in [0.5, 0.6) is 0 Å². The van der Waals surface area contributed by atoms with Crippen molar-refractivity contribution >= 4 is 52.2 Å². The number of carbonyl (C=O) groups excluding carboxylic acids is 3. The second-order valence-electron chi connectivity index (χ2n) is 8.25. The van der Waals surface area contributed by atoms with E-state index in [1.807, 2.05) is 70.2 Å². The van der Waals surface area contributed by atoms with Crippen LogP contribution in [0.15, 0.2) is 53.4 Å². The van der Waals surface area contributed by atoms with Gasteiger partial charge in [0.05, 0.1) is 4.91 Å². The Kier molecular flexibility index (Phi) is 6.68. The molecule has 0 saturated carbocycles. The lowest BCUT2D eigenvalue weighted by Gasteiger charge is -2.13. The zero-order chi connectivity index (χ0) is 24.6. The molecule has 6 nitrogen and oxygen atoms in total. The van der Waals surface area contributed by atoms with Gasteiger partial charge < -0.3 is 9.88 Å². The molecule has 8 heteroatoms. The minimum Gasteiger partial charge on any atom is -0.325 e. The van der Waals surface area contributed by atoms with E-state index in [1.54, 1.807) is 12.1 Å². The van der Waals surface area contributed by atoms with Crippen LogP contribution in [0.2, 0.25) is 5.02 Å². The molecule has 1 N–H and O–H groups in total. The van der Waals surface area contributed by atoms with Crippen LogP contribution in [0.4, 0.5) is 10.5 Å². The number of aromatic nitrogens is 1. The van der Waals surface area contributed by atoms with Crippen molar-refractivity contribution in [3.63, 3.8) is 0 Å². The van der Waals surface area contributed by atoms with Gasteiger partial charge in [-0.1, -0.05) is 17.7 Å². The van der Waals surface area contributed by atoms with Gasteiger partial charge in [-0.15, -0.1) is 0 Å². The molecule has 34 heavy (non-hydrogen) atoms. The van der Waals surface area contributed by atoms with Gasteiger partial charge in [-0.3, -0.25) is 19.3 Å². The second-order valence-corrected chi connectivity index (χ2v) is 9.68. The van der Waals surface area contributed by atoms with Gasteiger partial charge in [0.2, 0.25) is 5.91 Å². The molecule has 0 atom stereocenters. The number of thioether (sulfide) groups is 1. The molecule has 2 aromatic carbocycles. The molecule has 4 rings (SSSR count). The molecule has 0 aliphatic carbocycles. The van der Waals surface area contributed by atoms with Crippen LogP contribution in [0, 0.1) is 27.7 Å². The average molecular weight is 494 g/mol. The fraction of sp³-hybridized carbons (Fsp3) is 0.192. The first-order valence-electron chi connectivity index (χ1n) is 10.7. The number of nitrogens with one attached hydrogen (secondary N) is 1. The van der Waals surface area contributed by atoms with E-state index >= 15 is 0 Å². The lowest BCUT2D eigenvalue weighted by Crippen LogP contribution is -2.36. The fourth-order valence-corrected chi connectivity index (χ4v) is 4.82. The minimum absolute atomic E-state index is 0.292. The maximum absolute atomic E-state index is 12.9. The highest BCUT2D eigenvalue weighted by Crippen LogP contribution is 2.34. The van der Waals surface area contributed by atoms with E-state index in [2.05, 4.69) is 9.88 Å². The highest BCUT2D eigenvalue weighted by Gasteiger charge is 2.36. The summed E-state index contributed by atoms with van der Waals surface area (Å²) >= 11 is 6.85. The number of anilines is 1. The molecule has 1 aromatic heterocycles. The molecule has 3 aromatic rings. The third-order valence-corrected chi connectivity index (χ3v) is 6.97. The number of nitrogens with zero attached hydrogens (tertiary/aromatic N) is 2. The number of rotatable bonds is 5. The van der Waals surface area contributed by atoms with Crippen molar-refractivity contribution in [1.82, 2.24) is 9.47 Å². The maximum Gasteiger partial charge on any atom is 0.294 e. The van der Waals surface area contributed by atoms with Gasteiger partial charge in [0.1, 0.15) is 6.54 Å². The first-order valence-corrected chi connectivity index (χ1v) is 11.9. The van der Waals surface area contributed by atoms with Crippen LogP contribution in [0.25, 0.3) is 11.8 Å². The summed E-state index contributed by atoms with van der Waals surface area (Å²) in [6, 6.07) is 15.0. The molecule has 1 saturated heterocycles. The molecule has 1 aliphatic heterocycles. The molecule has 174 valence electrons. The second kappa shape index (κ2) is 9.52. The van der Waals surface area contributed by atoms with Crippen molar-refractivity contribution in [3.05, 3.63) is 86.5 Å². The summed E-state index contributed by atoms with van der Waals surface area (Å²) in [4.78, 5) is 39.2. The predicted molar refractivity (Wildman–Crippen MR) is 137 cm³/mol. The highest BCUT2D eigenvalue weighted by molar-refractivity contribution is 8.18. The predicted octanol–water partition coefficient (Wildman–Crippen LogP) is 6.04. The monoisotopic (exact) mass is 493 g/mol. The Labute approximate surface area is 207 Å². The van der Waals surface area contributed by atoms with Gasteiger partial charge in [-0.05, 0) is 105 Å². The first kappa shape index (κ1) is 23.9. The van der Waals surface area contributed by atoms with E-state index in [0.717, 1.165) is 50.4 Å². The number of hydrogen-bond donors (Lipinski definition) is 1. The number of amides is 3. The molecule has 0 radical (unpaired) electrons. The Hall–Kier alpha value is -3.29. The number of benzene rings is 2. The van der Waals surface area contributed by atoms with Crippen LogP contribution in [-0.4, -0.2) is 33.1 Å². The first-order chi connectivity index (χ1) is 16.1. The van der Waals surface area contributed by atoms with E-state index in [9.17, 15) is 14.4 Å². The van der Waals surface area contributed by atoms with Crippen LogP contribution in [0.3, 0.4) is 0 Å². The summed E-state index contributed by atoms with van der Waals surface area (Å²) in [5.41, 5.74) is 6.49. The van der Waals surface area contributed by atoms with Gasteiger partial charge >= 0.3 is 0 Å². The van der Waals surface area contributed by atoms with Crippen LogP contribution < -0.4 is 5.32 Å².